The molecule has 0 saturated carbocycles. The molecule has 5 rings (SSSR count). The van der Waals surface area contributed by atoms with Crippen LogP contribution in [0.5, 0.6) is 11.5 Å². The Kier molecular flexibility index (Phi) is 7.40. The molecule has 1 atom stereocenters. The summed E-state index contributed by atoms with van der Waals surface area (Å²) < 4.78 is 49.0. The highest BCUT2D eigenvalue weighted by Crippen LogP contribution is 2.41. The molecule has 2 saturated heterocycles. The van der Waals surface area contributed by atoms with Gasteiger partial charge in [-0.2, -0.15) is 18.3 Å². The number of esters is 1. The summed E-state index contributed by atoms with van der Waals surface area (Å²) in [5.74, 6) is -2.68. The van der Waals surface area contributed by atoms with Crippen molar-refractivity contribution in [1.29, 1.82) is 0 Å². The molecule has 2 aromatic heterocycles. The van der Waals surface area contributed by atoms with Gasteiger partial charge in [0.15, 0.2) is 0 Å². The van der Waals surface area contributed by atoms with E-state index in [9.17, 15) is 23.1 Å². The van der Waals surface area contributed by atoms with Crippen LogP contribution >= 0.6 is 0 Å². The normalized spacial score (nSPS) is 19.3. The molecule has 2 fully saturated rings. The van der Waals surface area contributed by atoms with Gasteiger partial charge in [-0.1, -0.05) is 0 Å². The van der Waals surface area contributed by atoms with Crippen molar-refractivity contribution < 1.29 is 32.5 Å². The number of aromatic amines is 1. The summed E-state index contributed by atoms with van der Waals surface area (Å²) >= 11 is 0. The average Bonchev–Trinajstić information content (AvgIpc) is 3.60. The van der Waals surface area contributed by atoms with Crippen molar-refractivity contribution in [2.24, 2.45) is 5.92 Å². The van der Waals surface area contributed by atoms with Gasteiger partial charge in [0.05, 0.1) is 18.0 Å². The number of hydrogen-bond acceptors (Lipinski definition) is 10. The lowest BCUT2D eigenvalue weighted by atomic mass is 9.91. The molecule has 0 radical (unpaired) electrons. The first-order chi connectivity index (χ1) is 18.6. The second-order valence-electron chi connectivity index (χ2n) is 10.0. The van der Waals surface area contributed by atoms with E-state index in [1.54, 1.807) is 0 Å². The third kappa shape index (κ3) is 6.11. The maximum Gasteiger partial charge on any atom is 0.491 e. The molecule has 11 nitrogen and oxygen atoms in total. The smallest absolute Gasteiger partial charge is 0.491 e. The number of carbonyl (C=O) groups excluding carboxylic acids is 1. The summed E-state index contributed by atoms with van der Waals surface area (Å²) in [4.78, 5) is 18.0. The summed E-state index contributed by atoms with van der Waals surface area (Å²) in [6, 6.07) is 2.49. The number of benzene rings is 1. The highest BCUT2D eigenvalue weighted by Gasteiger charge is 2.42. The number of phenolic OH excluding ortho intramolecular Hbond substituents is 1. The lowest BCUT2D eigenvalue weighted by molar-refractivity contribution is -0.189. The van der Waals surface area contributed by atoms with Crippen molar-refractivity contribution in [2.75, 3.05) is 37.7 Å². The minimum Gasteiger partial charge on any atom is -0.507 e. The molecule has 1 unspecified atom stereocenters. The third-order valence-corrected chi connectivity index (χ3v) is 7.14. The van der Waals surface area contributed by atoms with Crippen LogP contribution in [0.15, 0.2) is 30.7 Å². The molecule has 2 aliphatic rings. The lowest BCUT2D eigenvalue weighted by Crippen LogP contribution is -2.48. The van der Waals surface area contributed by atoms with E-state index in [4.69, 9.17) is 4.74 Å². The van der Waals surface area contributed by atoms with Crippen molar-refractivity contribution in [3.63, 3.8) is 0 Å². The van der Waals surface area contributed by atoms with E-state index < -0.39 is 23.6 Å². The largest absolute Gasteiger partial charge is 0.507 e. The number of carbonyl (C=O) groups is 1. The van der Waals surface area contributed by atoms with Gasteiger partial charge in [0, 0.05) is 50.1 Å². The minimum absolute atomic E-state index is 0.0511. The van der Waals surface area contributed by atoms with Crippen molar-refractivity contribution in [2.45, 2.75) is 37.9 Å². The van der Waals surface area contributed by atoms with Gasteiger partial charge in [-0.3, -0.25) is 5.10 Å². The van der Waals surface area contributed by atoms with E-state index >= 15 is 0 Å². The van der Waals surface area contributed by atoms with Crippen LogP contribution in [-0.2, 0) is 9.53 Å². The lowest BCUT2D eigenvalue weighted by Gasteiger charge is -2.35. The van der Waals surface area contributed by atoms with Crippen LogP contribution in [0.25, 0.3) is 22.4 Å². The number of halogens is 3. The van der Waals surface area contributed by atoms with Gasteiger partial charge in [0.1, 0.15) is 17.2 Å². The number of hydrogen-bond donors (Lipinski definition) is 3. The van der Waals surface area contributed by atoms with Crippen LogP contribution < -0.4 is 15.0 Å². The summed E-state index contributed by atoms with van der Waals surface area (Å²) in [6.07, 6.45) is 1.80. The molecule has 1 aromatic carbocycles. The number of rotatable bonds is 7. The van der Waals surface area contributed by atoms with Gasteiger partial charge in [0.25, 0.3) is 0 Å². The number of ether oxygens (including phenoxy) is 2. The first-order valence-electron chi connectivity index (χ1n) is 12.5. The highest BCUT2D eigenvalue weighted by atomic mass is 19.4. The molecular weight excluding hydrogens is 519 g/mol. The molecule has 0 aliphatic carbocycles. The first-order valence-corrected chi connectivity index (χ1v) is 12.5. The zero-order chi connectivity index (χ0) is 27.6. The van der Waals surface area contributed by atoms with Gasteiger partial charge in [-0.25, -0.2) is 9.78 Å². The minimum atomic E-state index is -5.24. The van der Waals surface area contributed by atoms with E-state index in [2.05, 4.69) is 42.4 Å². The summed E-state index contributed by atoms with van der Waals surface area (Å²) in [5.41, 5.74) is 0.515. The van der Waals surface area contributed by atoms with Crippen molar-refractivity contribution in [1.82, 2.24) is 30.7 Å². The van der Waals surface area contributed by atoms with Crippen molar-refractivity contribution >= 4 is 11.9 Å². The molecule has 2 aliphatic heterocycles. The van der Waals surface area contributed by atoms with Crippen LogP contribution in [0, 0.1) is 5.92 Å². The Morgan fingerprint density at radius 2 is 2.05 bits per heavy atom. The van der Waals surface area contributed by atoms with E-state index in [1.807, 2.05) is 4.90 Å². The van der Waals surface area contributed by atoms with Crippen LogP contribution in [0.2, 0.25) is 0 Å². The number of nitrogens with zero attached hydrogens (tertiary/aromatic N) is 5. The number of anilines is 1. The van der Waals surface area contributed by atoms with Gasteiger partial charge >= 0.3 is 12.1 Å². The maximum atomic E-state index is 13.0. The molecule has 3 N–H and O–H groups in total. The Bertz CT molecular complexity index is 1300. The number of aromatic nitrogens is 5. The Morgan fingerprint density at radius 3 is 2.72 bits per heavy atom. The van der Waals surface area contributed by atoms with Crippen molar-refractivity contribution in [3.05, 3.63) is 30.7 Å². The first kappa shape index (κ1) is 26.8. The van der Waals surface area contributed by atoms with Crippen LogP contribution in [0.3, 0.4) is 0 Å². The fourth-order valence-corrected chi connectivity index (χ4v) is 4.77. The molecule has 4 heterocycles. The zero-order valence-corrected chi connectivity index (χ0v) is 21.2. The number of H-pyrrole nitrogens is 1. The fraction of sp³-hybridized carbons (Fsp3) is 0.480. The predicted molar refractivity (Wildman–Crippen MR) is 133 cm³/mol. The Hall–Kier alpha value is -3.78. The number of aromatic hydroxyl groups is 1. The number of phenols is 1. The van der Waals surface area contributed by atoms with Crippen LogP contribution in [0.1, 0.15) is 26.2 Å². The van der Waals surface area contributed by atoms with E-state index in [0.29, 0.717) is 17.4 Å². The molecule has 0 amide bonds. The molecule has 39 heavy (non-hydrogen) atoms. The fourth-order valence-electron chi connectivity index (χ4n) is 4.77. The summed E-state index contributed by atoms with van der Waals surface area (Å²) in [5, 5.41) is 29.0. The second kappa shape index (κ2) is 10.8. The maximum absolute atomic E-state index is 13.0. The number of nitrogens with one attached hydrogen (secondary N) is 2. The highest BCUT2D eigenvalue weighted by molar-refractivity contribution is 5.85. The summed E-state index contributed by atoms with van der Waals surface area (Å²) in [7, 11) is 0. The topological polar surface area (TPSA) is 138 Å². The molecule has 0 bridgehead atoms. The van der Waals surface area contributed by atoms with Gasteiger partial charge < -0.3 is 24.8 Å². The molecule has 3 aromatic rings. The van der Waals surface area contributed by atoms with Gasteiger partial charge in [-0.15, -0.1) is 10.2 Å². The van der Waals surface area contributed by atoms with Crippen LogP contribution in [0.4, 0.5) is 19.1 Å². The Morgan fingerprint density at radius 1 is 1.26 bits per heavy atom. The van der Waals surface area contributed by atoms with Gasteiger partial charge in [0.2, 0.25) is 5.95 Å². The molecule has 14 heteroatoms. The predicted octanol–water partition coefficient (Wildman–Crippen LogP) is 3.09. The quantitative estimate of drug-likeness (QED) is 0.299. The zero-order valence-electron chi connectivity index (χ0n) is 21.2. The monoisotopic (exact) mass is 547 g/mol. The standard InChI is InChI=1S/C25H28F3N7O4/c1-24(3-6-38-7-4-24)30-10-15-2-5-35(14-15)23-29-13-18(33-34-23)21-19(36)8-16(17-11-31-32-12-17)9-20(21)39-22(37)25(26,27)28/h8-9,11-13,15,30,36H,2-7,10,14H2,1H3,(H,31,32). The SMILES string of the molecule is CC1(NCC2CCN(c3ncc(-c4c(O)cc(-c5cn[nH]c5)cc4OC(=O)C(F)(F)F)nn3)C2)CCOCC1. The van der Waals surface area contributed by atoms with Crippen LogP contribution in [-0.4, -0.2) is 81.0 Å². The molecule has 0 spiro atoms. The van der Waals surface area contributed by atoms with E-state index in [0.717, 1.165) is 52.1 Å². The van der Waals surface area contributed by atoms with Crippen molar-refractivity contribution in [3.8, 4) is 33.9 Å². The van der Waals surface area contributed by atoms with E-state index in [-0.39, 0.29) is 22.4 Å². The van der Waals surface area contributed by atoms with Gasteiger partial charge in [-0.05, 0) is 49.8 Å². The average molecular weight is 548 g/mol. The summed E-state index contributed by atoms with van der Waals surface area (Å²) in [6.45, 7) is 6.02. The molecule has 208 valence electrons. The Labute approximate surface area is 221 Å². The Balaban J connectivity index is 1.33. The van der Waals surface area contributed by atoms with E-state index in [1.165, 1.54) is 30.7 Å². The molecular formula is C25H28F3N7O4. The second-order valence-corrected chi connectivity index (χ2v) is 10.0. The third-order valence-electron chi connectivity index (χ3n) is 7.14. The number of alkyl halides is 3.